The van der Waals surface area contributed by atoms with Gasteiger partial charge in [0.05, 0.1) is 5.69 Å². The molecule has 3 heterocycles. The first kappa shape index (κ1) is 17.1. The number of rotatable bonds is 3. The average molecular weight is 365 g/mol. The lowest BCUT2D eigenvalue weighted by atomic mass is 10.1. The van der Waals surface area contributed by atoms with Gasteiger partial charge in [0.2, 0.25) is 0 Å². The number of nitrogens with zero attached hydrogens (tertiary/aromatic N) is 2. The topological polar surface area (TPSA) is 82.9 Å². The Morgan fingerprint density at radius 1 is 0.926 bits per heavy atom. The van der Waals surface area contributed by atoms with E-state index in [1.165, 1.54) is 12.5 Å². The van der Waals surface area contributed by atoms with Crippen molar-refractivity contribution >= 4 is 35.5 Å². The molecule has 0 spiro atoms. The lowest BCUT2D eigenvalue weighted by Gasteiger charge is -2.26. The molecule has 0 atom stereocenters. The number of furan rings is 1. The molecule has 7 heteroatoms. The molecule has 0 unspecified atom stereocenters. The summed E-state index contributed by atoms with van der Waals surface area (Å²) in [5, 5.41) is 2.21. The molecule has 2 aliphatic heterocycles. The fraction of sp³-hybridized carbons (Fsp3) is 0.250. The van der Waals surface area contributed by atoms with E-state index in [0.29, 0.717) is 11.4 Å². The van der Waals surface area contributed by atoms with Crippen molar-refractivity contribution in [3.63, 3.8) is 0 Å². The number of anilines is 2. The highest BCUT2D eigenvalue weighted by atomic mass is 16.4. The molecule has 0 radical (unpaired) electrons. The third-order valence-corrected chi connectivity index (χ3v) is 4.68. The van der Waals surface area contributed by atoms with Crippen molar-refractivity contribution in [2.45, 2.75) is 19.3 Å². The van der Waals surface area contributed by atoms with Gasteiger partial charge >= 0.3 is 6.03 Å². The van der Waals surface area contributed by atoms with Crippen LogP contribution in [0.3, 0.4) is 0 Å². The lowest BCUT2D eigenvalue weighted by molar-refractivity contribution is -0.122. The molecular formula is C20H19N3O4. The van der Waals surface area contributed by atoms with Gasteiger partial charge in [0.15, 0.2) is 5.88 Å². The third-order valence-electron chi connectivity index (χ3n) is 4.68. The Kier molecular flexibility index (Phi) is 4.50. The number of amides is 4. The lowest BCUT2D eigenvalue weighted by Crippen LogP contribution is -2.54. The number of piperidine rings is 1. The molecule has 1 aromatic carbocycles. The van der Waals surface area contributed by atoms with Crippen LogP contribution < -0.4 is 15.1 Å². The van der Waals surface area contributed by atoms with Gasteiger partial charge in [-0.1, -0.05) is 18.2 Å². The van der Waals surface area contributed by atoms with Gasteiger partial charge in [-0.15, -0.1) is 0 Å². The van der Waals surface area contributed by atoms with Crippen LogP contribution in [0, 0.1) is 0 Å². The molecule has 0 saturated carbocycles. The first-order valence-corrected chi connectivity index (χ1v) is 8.95. The van der Waals surface area contributed by atoms with Crippen molar-refractivity contribution in [1.29, 1.82) is 0 Å². The Morgan fingerprint density at radius 3 is 2.41 bits per heavy atom. The SMILES string of the molecule is O=C1NC(=O)N(c2ccccc2)C(=O)/C1=C\c1ccc(N2CCCCC2)o1. The number of imide groups is 2. The zero-order valence-corrected chi connectivity index (χ0v) is 14.7. The van der Waals surface area contributed by atoms with Crippen LogP contribution in [0.5, 0.6) is 0 Å². The van der Waals surface area contributed by atoms with Crippen LogP contribution in [0.4, 0.5) is 16.4 Å². The Balaban J connectivity index is 1.62. The first-order valence-electron chi connectivity index (χ1n) is 8.95. The molecule has 4 amide bonds. The van der Waals surface area contributed by atoms with Gasteiger partial charge in [-0.3, -0.25) is 14.9 Å². The van der Waals surface area contributed by atoms with Gasteiger partial charge in [0.1, 0.15) is 11.3 Å². The van der Waals surface area contributed by atoms with Gasteiger partial charge in [0.25, 0.3) is 11.8 Å². The molecule has 27 heavy (non-hydrogen) atoms. The fourth-order valence-corrected chi connectivity index (χ4v) is 3.32. The molecule has 138 valence electrons. The largest absolute Gasteiger partial charge is 0.441 e. The van der Waals surface area contributed by atoms with E-state index in [2.05, 4.69) is 10.2 Å². The van der Waals surface area contributed by atoms with E-state index in [1.807, 2.05) is 6.07 Å². The second-order valence-corrected chi connectivity index (χ2v) is 6.52. The zero-order chi connectivity index (χ0) is 18.8. The maximum atomic E-state index is 12.8. The van der Waals surface area contributed by atoms with Crippen LogP contribution in [-0.4, -0.2) is 30.9 Å². The normalized spacial score (nSPS) is 19.6. The second kappa shape index (κ2) is 7.11. The van der Waals surface area contributed by atoms with Crippen LogP contribution in [0.15, 0.2) is 52.5 Å². The van der Waals surface area contributed by atoms with E-state index < -0.39 is 17.8 Å². The summed E-state index contributed by atoms with van der Waals surface area (Å²) in [5.74, 6) is -0.281. The zero-order valence-electron chi connectivity index (χ0n) is 14.7. The Labute approximate surface area is 156 Å². The van der Waals surface area contributed by atoms with Crippen LogP contribution in [-0.2, 0) is 9.59 Å². The van der Waals surface area contributed by atoms with E-state index >= 15 is 0 Å². The highest BCUT2D eigenvalue weighted by Gasteiger charge is 2.37. The van der Waals surface area contributed by atoms with E-state index in [0.717, 1.165) is 36.7 Å². The smallest absolute Gasteiger partial charge is 0.335 e. The standard InChI is InChI=1S/C20H19N3O4/c24-18-16(13-15-9-10-17(27-15)22-11-5-2-6-12-22)19(25)23(20(26)21-18)14-7-3-1-4-8-14/h1,3-4,7-10,13H,2,5-6,11-12H2,(H,21,24,26)/b16-13-. The Hall–Kier alpha value is -3.35. The van der Waals surface area contributed by atoms with Crippen molar-refractivity contribution in [2.75, 3.05) is 22.9 Å². The molecule has 7 nitrogen and oxygen atoms in total. The van der Waals surface area contributed by atoms with E-state index in [-0.39, 0.29) is 5.57 Å². The van der Waals surface area contributed by atoms with Gasteiger partial charge in [-0.2, -0.15) is 0 Å². The number of urea groups is 1. The van der Waals surface area contributed by atoms with Gasteiger partial charge in [-0.25, -0.2) is 9.69 Å². The fourth-order valence-electron chi connectivity index (χ4n) is 3.32. The summed E-state index contributed by atoms with van der Waals surface area (Å²) in [5.41, 5.74) is 0.254. The molecule has 0 bridgehead atoms. The van der Waals surface area contributed by atoms with E-state index in [1.54, 1.807) is 36.4 Å². The quantitative estimate of drug-likeness (QED) is 0.668. The summed E-state index contributed by atoms with van der Waals surface area (Å²) in [6.07, 6.45) is 4.83. The maximum absolute atomic E-state index is 12.8. The van der Waals surface area contributed by atoms with Gasteiger partial charge in [0, 0.05) is 19.2 Å². The molecule has 2 fully saturated rings. The van der Waals surface area contributed by atoms with Crippen molar-refractivity contribution in [1.82, 2.24) is 5.32 Å². The number of carbonyl (C=O) groups excluding carboxylic acids is 3. The minimum Gasteiger partial charge on any atom is -0.441 e. The summed E-state index contributed by atoms with van der Waals surface area (Å²) in [7, 11) is 0. The molecule has 1 N–H and O–H groups in total. The Morgan fingerprint density at radius 2 is 1.67 bits per heavy atom. The third kappa shape index (κ3) is 3.36. The van der Waals surface area contributed by atoms with Crippen molar-refractivity contribution in [3.8, 4) is 0 Å². The number of barbiturate groups is 1. The highest BCUT2D eigenvalue weighted by Crippen LogP contribution is 2.26. The molecular weight excluding hydrogens is 346 g/mol. The average Bonchev–Trinajstić information content (AvgIpc) is 3.15. The first-order chi connectivity index (χ1) is 13.1. The highest BCUT2D eigenvalue weighted by molar-refractivity contribution is 6.39. The summed E-state index contributed by atoms with van der Waals surface area (Å²) in [6.45, 7) is 1.86. The minimum absolute atomic E-state index is 0.141. The maximum Gasteiger partial charge on any atom is 0.335 e. The minimum atomic E-state index is -0.762. The molecule has 0 aliphatic carbocycles. The number of nitrogens with one attached hydrogen (secondary N) is 1. The summed E-state index contributed by atoms with van der Waals surface area (Å²) in [6, 6.07) is 11.3. The van der Waals surface area contributed by atoms with Crippen LogP contribution in [0.1, 0.15) is 25.0 Å². The second-order valence-electron chi connectivity index (χ2n) is 6.52. The molecule has 1 aromatic heterocycles. The predicted molar refractivity (Wildman–Crippen MR) is 100 cm³/mol. The van der Waals surface area contributed by atoms with Crippen molar-refractivity contribution in [2.24, 2.45) is 0 Å². The molecule has 2 saturated heterocycles. The number of para-hydroxylation sites is 1. The number of carbonyl (C=O) groups is 3. The molecule has 2 aromatic rings. The molecule has 4 rings (SSSR count). The van der Waals surface area contributed by atoms with Crippen molar-refractivity contribution in [3.05, 3.63) is 53.8 Å². The number of benzene rings is 1. The summed E-state index contributed by atoms with van der Waals surface area (Å²) in [4.78, 5) is 40.2. The Bertz CT molecular complexity index is 910. The van der Waals surface area contributed by atoms with Crippen LogP contribution >= 0.6 is 0 Å². The van der Waals surface area contributed by atoms with Gasteiger partial charge < -0.3 is 9.32 Å². The van der Waals surface area contributed by atoms with Crippen LogP contribution in [0.2, 0.25) is 0 Å². The summed E-state index contributed by atoms with van der Waals surface area (Å²) >= 11 is 0. The monoisotopic (exact) mass is 365 g/mol. The van der Waals surface area contributed by atoms with E-state index in [4.69, 9.17) is 4.42 Å². The van der Waals surface area contributed by atoms with Crippen molar-refractivity contribution < 1.29 is 18.8 Å². The number of hydrogen-bond donors (Lipinski definition) is 1. The summed E-state index contributed by atoms with van der Waals surface area (Å²) < 4.78 is 5.80. The van der Waals surface area contributed by atoms with Crippen LogP contribution in [0.25, 0.3) is 6.08 Å². The number of hydrogen-bond acceptors (Lipinski definition) is 5. The predicted octanol–water partition coefficient (Wildman–Crippen LogP) is 2.94. The van der Waals surface area contributed by atoms with Gasteiger partial charge in [-0.05, 0) is 43.5 Å². The van der Waals surface area contributed by atoms with E-state index in [9.17, 15) is 14.4 Å². The molecule has 2 aliphatic rings.